The van der Waals surface area contributed by atoms with Gasteiger partial charge in [0.15, 0.2) is 0 Å². The van der Waals surface area contributed by atoms with Gasteiger partial charge in [-0.25, -0.2) is 4.68 Å². The van der Waals surface area contributed by atoms with Crippen molar-refractivity contribution in [2.75, 3.05) is 0 Å². The number of aromatic nitrogens is 3. The third kappa shape index (κ3) is 1.21. The molecule has 5 aromatic rings. The summed E-state index contributed by atoms with van der Waals surface area (Å²) in [6.45, 7) is 0.0196. The Hall–Kier alpha value is -3.47. The molecule has 0 aliphatic carbocycles. The molecule has 4 heterocycles. The Balaban J connectivity index is 1.81. The van der Waals surface area contributed by atoms with Crippen LogP contribution in [0.5, 0.6) is 0 Å². The quantitative estimate of drug-likeness (QED) is 0.391. The van der Waals surface area contributed by atoms with E-state index in [0.717, 1.165) is 22.3 Å². The summed E-state index contributed by atoms with van der Waals surface area (Å²) in [7, 11) is 0. The number of nitrogens with zero attached hydrogens (tertiary/aromatic N) is 3. The molecule has 2 aliphatic heterocycles. The molecule has 7 rings (SSSR count). The van der Waals surface area contributed by atoms with Gasteiger partial charge in [0.25, 0.3) is 5.56 Å². The lowest BCUT2D eigenvalue weighted by Gasteiger charge is -2.23. The molecule has 5 heteroatoms. The molecule has 0 unspecified atom stereocenters. The predicted octanol–water partition coefficient (Wildman–Crippen LogP) is 2.02. The minimum absolute atomic E-state index is 0.0196. The first-order valence-electron chi connectivity index (χ1n) is 8.80. The molecule has 2 aromatic heterocycles. The molecule has 120 valence electrons. The number of hydrogen-bond donors (Lipinski definition) is 0. The Bertz CT molecular complexity index is 1470. The Labute approximate surface area is 148 Å². The van der Waals surface area contributed by atoms with E-state index < -0.39 is 0 Å². The summed E-state index contributed by atoms with van der Waals surface area (Å²) in [6, 6.07) is 22.8. The number of rotatable bonds is 0. The lowest BCUT2D eigenvalue weighted by molar-refractivity contribution is 0.811. The second-order valence-electron chi connectivity index (χ2n) is 7.07. The van der Waals surface area contributed by atoms with Gasteiger partial charge in [-0.3, -0.25) is 4.79 Å². The van der Waals surface area contributed by atoms with E-state index in [4.69, 9.17) is 0 Å². The summed E-state index contributed by atoms with van der Waals surface area (Å²) in [5.74, 6) is 0. The zero-order valence-corrected chi connectivity index (χ0v) is 13.8. The smallest absolute Gasteiger partial charge is 0.324 e. The Morgan fingerprint density at radius 3 is 2.50 bits per heavy atom. The summed E-state index contributed by atoms with van der Waals surface area (Å²) in [4.78, 5) is 13.2. The summed E-state index contributed by atoms with van der Waals surface area (Å²) in [6.07, 6.45) is 2.20. The van der Waals surface area contributed by atoms with Crippen LogP contribution in [0, 0.1) is 0 Å². The fourth-order valence-corrected chi connectivity index (χ4v) is 4.89. The Kier molecular flexibility index (Phi) is 1.98. The maximum absolute atomic E-state index is 13.2. The average Bonchev–Trinajstić information content (AvgIpc) is 3.31. The third-order valence-electron chi connectivity index (χ3n) is 5.87. The van der Waals surface area contributed by atoms with Gasteiger partial charge in [-0.2, -0.15) is 0 Å². The minimum atomic E-state index is 0.0196. The second kappa shape index (κ2) is 4.02. The van der Waals surface area contributed by atoms with E-state index in [1.807, 2.05) is 28.9 Å². The molecule has 26 heavy (non-hydrogen) atoms. The number of hydrogen-bond acceptors (Lipinski definition) is 1. The van der Waals surface area contributed by atoms with Gasteiger partial charge in [-0.05, 0) is 34.4 Å². The molecule has 3 aromatic carbocycles. The van der Waals surface area contributed by atoms with E-state index in [1.54, 1.807) is 0 Å². The Morgan fingerprint density at radius 1 is 0.769 bits per heavy atom. The zero-order valence-electron chi connectivity index (χ0n) is 13.8. The predicted molar refractivity (Wildman–Crippen MR) is 105 cm³/mol. The van der Waals surface area contributed by atoms with Crippen molar-refractivity contribution in [2.45, 2.75) is 0 Å². The van der Waals surface area contributed by atoms with Crippen LogP contribution in [0.25, 0.3) is 33.1 Å². The standard InChI is InChI=1S/C21H12BN3O/c26-21-15-8-5-11-18-19(15)25-22(16-9-3-4-10-17(16)24(21)25)20-14-7-2-1-6-13(14)12-23(18)20/h1-12H. The lowest BCUT2D eigenvalue weighted by Crippen LogP contribution is -2.51. The molecular weight excluding hydrogens is 321 g/mol. The van der Waals surface area contributed by atoms with Crippen molar-refractivity contribution in [1.29, 1.82) is 0 Å². The van der Waals surface area contributed by atoms with Crippen LogP contribution in [-0.2, 0) is 0 Å². The first-order chi connectivity index (χ1) is 12.8. The highest BCUT2D eigenvalue weighted by molar-refractivity contribution is 6.87. The van der Waals surface area contributed by atoms with Crippen LogP contribution in [0.1, 0.15) is 0 Å². The monoisotopic (exact) mass is 333 g/mol. The van der Waals surface area contributed by atoms with E-state index in [0.29, 0.717) is 0 Å². The normalized spacial score (nSPS) is 13.5. The van der Waals surface area contributed by atoms with Crippen molar-refractivity contribution in [3.05, 3.63) is 83.3 Å². The van der Waals surface area contributed by atoms with E-state index in [1.165, 1.54) is 21.8 Å². The van der Waals surface area contributed by atoms with Crippen molar-refractivity contribution in [3.63, 3.8) is 0 Å². The van der Waals surface area contributed by atoms with E-state index in [9.17, 15) is 4.79 Å². The van der Waals surface area contributed by atoms with Crippen molar-refractivity contribution < 1.29 is 0 Å². The first kappa shape index (κ1) is 12.8. The van der Waals surface area contributed by atoms with E-state index in [2.05, 4.69) is 57.8 Å². The van der Waals surface area contributed by atoms with Crippen molar-refractivity contribution in [3.8, 4) is 11.4 Å². The fourth-order valence-electron chi connectivity index (χ4n) is 4.89. The van der Waals surface area contributed by atoms with Gasteiger partial charge in [0, 0.05) is 11.8 Å². The molecule has 0 saturated heterocycles. The van der Waals surface area contributed by atoms with Crippen molar-refractivity contribution in [1.82, 2.24) is 13.8 Å². The molecule has 0 spiro atoms. The van der Waals surface area contributed by atoms with Gasteiger partial charge in [0.05, 0.1) is 22.3 Å². The highest BCUT2D eigenvalue weighted by Gasteiger charge is 2.43. The van der Waals surface area contributed by atoms with E-state index in [-0.39, 0.29) is 12.4 Å². The molecule has 0 bridgehead atoms. The fraction of sp³-hybridized carbons (Fsp3) is 0. The maximum atomic E-state index is 13.2. The largest absolute Gasteiger partial charge is 0.367 e. The van der Waals surface area contributed by atoms with Gasteiger partial charge >= 0.3 is 6.85 Å². The topological polar surface area (TPSA) is 31.9 Å². The minimum Gasteiger partial charge on any atom is -0.324 e. The summed E-state index contributed by atoms with van der Waals surface area (Å²) in [5, 5.41) is 3.25. The van der Waals surface area contributed by atoms with Crippen LogP contribution in [0.3, 0.4) is 0 Å². The van der Waals surface area contributed by atoms with Gasteiger partial charge < -0.3 is 9.16 Å². The molecule has 0 radical (unpaired) electrons. The molecule has 2 aliphatic rings. The molecule has 4 nitrogen and oxygen atoms in total. The average molecular weight is 333 g/mol. The van der Waals surface area contributed by atoms with Gasteiger partial charge in [-0.1, -0.05) is 48.5 Å². The van der Waals surface area contributed by atoms with Crippen LogP contribution in [0.2, 0.25) is 0 Å². The van der Waals surface area contributed by atoms with Crippen LogP contribution in [0.4, 0.5) is 0 Å². The van der Waals surface area contributed by atoms with Crippen LogP contribution < -0.4 is 16.6 Å². The SMILES string of the molecule is O=c1c2cccc3c2n2n1-c1ccccc1B2c1c2ccccc2cn1-3. The molecule has 0 amide bonds. The number of para-hydroxylation sites is 2. The van der Waals surface area contributed by atoms with Crippen molar-refractivity contribution in [2.24, 2.45) is 0 Å². The maximum Gasteiger partial charge on any atom is 0.367 e. The van der Waals surface area contributed by atoms with Gasteiger partial charge in [0.2, 0.25) is 0 Å². The highest BCUT2D eigenvalue weighted by Crippen LogP contribution is 2.31. The van der Waals surface area contributed by atoms with Gasteiger partial charge in [-0.15, -0.1) is 0 Å². The third-order valence-corrected chi connectivity index (χ3v) is 5.87. The molecule has 0 atom stereocenters. The van der Waals surface area contributed by atoms with Crippen LogP contribution in [-0.4, -0.2) is 20.7 Å². The summed E-state index contributed by atoms with van der Waals surface area (Å²) in [5.41, 5.74) is 5.57. The number of benzene rings is 3. The van der Waals surface area contributed by atoms with Crippen LogP contribution >= 0.6 is 0 Å². The number of fused-ring (bicyclic) bond motifs is 8. The van der Waals surface area contributed by atoms with Crippen LogP contribution in [0.15, 0.2) is 77.7 Å². The lowest BCUT2D eigenvalue weighted by atomic mass is 9.52. The van der Waals surface area contributed by atoms with Crippen molar-refractivity contribution >= 4 is 39.6 Å². The molecule has 0 saturated carbocycles. The summed E-state index contributed by atoms with van der Waals surface area (Å²) < 4.78 is 6.34. The molecule has 0 fully saturated rings. The molecular formula is C21H12BN3O. The zero-order chi connectivity index (χ0) is 17.0. The Morgan fingerprint density at radius 2 is 1.54 bits per heavy atom. The first-order valence-corrected chi connectivity index (χ1v) is 8.80. The van der Waals surface area contributed by atoms with Gasteiger partial charge in [0.1, 0.15) is 0 Å². The van der Waals surface area contributed by atoms with E-state index >= 15 is 0 Å². The second-order valence-corrected chi connectivity index (χ2v) is 7.07. The molecule has 0 N–H and O–H groups in total. The highest BCUT2D eigenvalue weighted by atomic mass is 16.1. The summed E-state index contributed by atoms with van der Waals surface area (Å²) >= 11 is 0.